The number of ether oxygens (including phenoxy) is 1. The van der Waals surface area contributed by atoms with E-state index < -0.39 is 17.7 Å². The van der Waals surface area contributed by atoms with E-state index in [1.54, 1.807) is 25.3 Å². The van der Waals surface area contributed by atoms with E-state index in [0.29, 0.717) is 11.3 Å². The van der Waals surface area contributed by atoms with E-state index in [-0.39, 0.29) is 0 Å². The summed E-state index contributed by atoms with van der Waals surface area (Å²) >= 11 is 3.38. The van der Waals surface area contributed by atoms with Crippen LogP contribution in [0.2, 0.25) is 0 Å². The molecule has 0 heterocycles. The van der Waals surface area contributed by atoms with Crippen molar-refractivity contribution >= 4 is 15.9 Å². The highest BCUT2D eigenvalue weighted by atomic mass is 79.9. The summed E-state index contributed by atoms with van der Waals surface area (Å²) in [5.74, 6) is -0.613. The number of methoxy groups -OCH3 is 1. The van der Waals surface area contributed by atoms with Crippen LogP contribution in [0.4, 0.5) is 8.78 Å². The van der Waals surface area contributed by atoms with Crippen LogP contribution in [0.15, 0.2) is 40.9 Å². The molecule has 0 saturated carbocycles. The van der Waals surface area contributed by atoms with Gasteiger partial charge in [-0.05, 0) is 35.4 Å². The molecule has 0 aliphatic rings. The average Bonchev–Trinajstić information content (AvgIpc) is 2.36. The molecule has 0 amide bonds. The van der Waals surface area contributed by atoms with Gasteiger partial charge in [0.05, 0.1) is 13.2 Å². The molecule has 0 aliphatic carbocycles. The fourth-order valence-corrected chi connectivity index (χ4v) is 2.43. The van der Waals surface area contributed by atoms with Crippen LogP contribution < -0.4 is 10.5 Å². The van der Waals surface area contributed by atoms with Gasteiger partial charge in [-0.1, -0.05) is 22.0 Å². The van der Waals surface area contributed by atoms with Gasteiger partial charge in [0, 0.05) is 10.5 Å². The third-order valence-electron chi connectivity index (χ3n) is 2.79. The molecular weight excluding hydrogens is 316 g/mol. The molecule has 5 heteroatoms. The zero-order chi connectivity index (χ0) is 14.0. The van der Waals surface area contributed by atoms with Crippen molar-refractivity contribution in [1.82, 2.24) is 0 Å². The van der Waals surface area contributed by atoms with Crippen molar-refractivity contribution in [1.29, 1.82) is 0 Å². The second kappa shape index (κ2) is 5.67. The Bertz CT molecular complexity index is 584. The summed E-state index contributed by atoms with van der Waals surface area (Å²) in [7, 11) is 1.56. The fraction of sp³-hybridized carbons (Fsp3) is 0.143. The number of benzene rings is 2. The molecule has 19 heavy (non-hydrogen) atoms. The number of nitrogens with two attached hydrogens (primary N) is 1. The van der Waals surface area contributed by atoms with E-state index in [2.05, 4.69) is 15.9 Å². The van der Waals surface area contributed by atoms with Crippen LogP contribution >= 0.6 is 15.9 Å². The molecule has 0 spiro atoms. The number of halogens is 3. The third-order valence-corrected chi connectivity index (χ3v) is 3.47. The summed E-state index contributed by atoms with van der Waals surface area (Å²) in [6.07, 6.45) is 0. The van der Waals surface area contributed by atoms with Crippen molar-refractivity contribution < 1.29 is 13.5 Å². The largest absolute Gasteiger partial charge is 0.497 e. The maximum absolute atomic E-state index is 13.2. The Balaban J connectivity index is 2.40. The quantitative estimate of drug-likeness (QED) is 0.931. The highest BCUT2D eigenvalue weighted by Crippen LogP contribution is 2.30. The van der Waals surface area contributed by atoms with Crippen LogP contribution in [0, 0.1) is 11.6 Å². The lowest BCUT2D eigenvalue weighted by Crippen LogP contribution is -2.13. The Morgan fingerprint density at radius 1 is 1.11 bits per heavy atom. The predicted molar refractivity (Wildman–Crippen MR) is 73.1 cm³/mol. The molecule has 2 N–H and O–H groups in total. The summed E-state index contributed by atoms with van der Waals surface area (Å²) in [6.45, 7) is 0. The Morgan fingerprint density at radius 3 is 2.26 bits per heavy atom. The van der Waals surface area contributed by atoms with Gasteiger partial charge in [-0.2, -0.15) is 0 Å². The van der Waals surface area contributed by atoms with Gasteiger partial charge in [-0.25, -0.2) is 8.78 Å². The number of hydrogen-bond donors (Lipinski definition) is 1. The first-order chi connectivity index (χ1) is 9.01. The van der Waals surface area contributed by atoms with Gasteiger partial charge >= 0.3 is 0 Å². The van der Waals surface area contributed by atoms with E-state index in [1.165, 1.54) is 12.1 Å². The first kappa shape index (κ1) is 14.0. The summed E-state index contributed by atoms with van der Waals surface area (Å²) in [5, 5.41) is 0. The Morgan fingerprint density at radius 2 is 1.74 bits per heavy atom. The molecular formula is C14H12BrF2NO. The molecule has 0 aromatic heterocycles. The minimum atomic E-state index is -0.643. The monoisotopic (exact) mass is 327 g/mol. The van der Waals surface area contributed by atoms with Crippen LogP contribution in [0.3, 0.4) is 0 Å². The first-order valence-corrected chi connectivity index (χ1v) is 6.35. The molecule has 0 radical (unpaired) electrons. The van der Waals surface area contributed by atoms with Gasteiger partial charge in [-0.15, -0.1) is 0 Å². The van der Waals surface area contributed by atoms with Crippen molar-refractivity contribution in [2.75, 3.05) is 7.11 Å². The van der Waals surface area contributed by atoms with Crippen LogP contribution in [-0.2, 0) is 0 Å². The molecule has 2 nitrogen and oxygen atoms in total. The summed E-state index contributed by atoms with van der Waals surface area (Å²) < 4.78 is 32.2. The van der Waals surface area contributed by atoms with Gasteiger partial charge in [0.2, 0.25) is 0 Å². The maximum atomic E-state index is 13.2. The Kier molecular flexibility index (Phi) is 4.17. The lowest BCUT2D eigenvalue weighted by Gasteiger charge is -2.15. The van der Waals surface area contributed by atoms with Crippen molar-refractivity contribution in [3.8, 4) is 5.75 Å². The zero-order valence-corrected chi connectivity index (χ0v) is 11.7. The van der Waals surface area contributed by atoms with Crippen LogP contribution in [0.25, 0.3) is 0 Å². The molecule has 1 atom stereocenters. The normalized spacial score (nSPS) is 12.3. The second-order valence-corrected chi connectivity index (χ2v) is 4.92. The predicted octanol–water partition coefficient (Wildman–Crippen LogP) is 3.78. The molecule has 0 fully saturated rings. The molecule has 2 rings (SSSR count). The van der Waals surface area contributed by atoms with Gasteiger partial charge in [-0.3, -0.25) is 0 Å². The third kappa shape index (κ3) is 3.11. The van der Waals surface area contributed by atoms with E-state index in [0.717, 1.165) is 16.1 Å². The van der Waals surface area contributed by atoms with E-state index in [4.69, 9.17) is 10.5 Å². The smallest absolute Gasteiger partial charge is 0.126 e. The summed E-state index contributed by atoms with van der Waals surface area (Å²) in [4.78, 5) is 0. The molecule has 0 saturated heterocycles. The molecule has 2 aromatic rings. The van der Waals surface area contributed by atoms with Crippen molar-refractivity contribution in [3.05, 3.63) is 63.6 Å². The van der Waals surface area contributed by atoms with Crippen molar-refractivity contribution in [2.45, 2.75) is 6.04 Å². The average molecular weight is 328 g/mol. The first-order valence-electron chi connectivity index (χ1n) is 5.56. The van der Waals surface area contributed by atoms with Crippen molar-refractivity contribution in [3.63, 3.8) is 0 Å². The SMILES string of the molecule is COc1ccc(C(N)c2cc(F)cc(F)c2)c(Br)c1. The second-order valence-electron chi connectivity index (χ2n) is 4.07. The lowest BCUT2D eigenvalue weighted by molar-refractivity contribution is 0.414. The highest BCUT2D eigenvalue weighted by Gasteiger charge is 2.14. The van der Waals surface area contributed by atoms with Gasteiger partial charge in [0.25, 0.3) is 0 Å². The minimum Gasteiger partial charge on any atom is -0.497 e. The molecule has 1 unspecified atom stereocenters. The molecule has 100 valence electrons. The fourth-order valence-electron chi connectivity index (χ4n) is 1.82. The molecule has 2 aromatic carbocycles. The lowest BCUT2D eigenvalue weighted by atomic mass is 9.99. The molecule has 0 aliphatic heterocycles. The Hall–Kier alpha value is -1.46. The number of hydrogen-bond acceptors (Lipinski definition) is 2. The standard InChI is InChI=1S/C14H12BrF2NO/c1-19-11-2-3-12(13(15)7-11)14(18)8-4-9(16)6-10(17)5-8/h2-7,14H,18H2,1H3. The van der Waals surface area contributed by atoms with Gasteiger partial charge in [0.15, 0.2) is 0 Å². The summed E-state index contributed by atoms with van der Waals surface area (Å²) in [6, 6.07) is 7.91. The maximum Gasteiger partial charge on any atom is 0.126 e. The molecule has 0 bridgehead atoms. The van der Waals surface area contributed by atoms with Gasteiger partial charge in [0.1, 0.15) is 17.4 Å². The summed E-state index contributed by atoms with van der Waals surface area (Å²) in [5.41, 5.74) is 7.15. The van der Waals surface area contributed by atoms with Crippen molar-refractivity contribution in [2.24, 2.45) is 5.73 Å². The van der Waals surface area contributed by atoms with Gasteiger partial charge < -0.3 is 10.5 Å². The van der Waals surface area contributed by atoms with Crippen LogP contribution in [-0.4, -0.2) is 7.11 Å². The van der Waals surface area contributed by atoms with E-state index >= 15 is 0 Å². The number of rotatable bonds is 3. The zero-order valence-electron chi connectivity index (χ0n) is 10.2. The van der Waals surface area contributed by atoms with E-state index in [1.807, 2.05) is 0 Å². The van der Waals surface area contributed by atoms with E-state index in [9.17, 15) is 8.78 Å². The Labute approximate surface area is 118 Å². The topological polar surface area (TPSA) is 35.2 Å². The highest BCUT2D eigenvalue weighted by molar-refractivity contribution is 9.10. The van der Waals surface area contributed by atoms with Crippen LogP contribution in [0.5, 0.6) is 5.75 Å². The van der Waals surface area contributed by atoms with Crippen LogP contribution in [0.1, 0.15) is 17.2 Å². The minimum absolute atomic E-state index is 0.378.